The molecule has 0 aromatic heterocycles. The molecule has 1 aliphatic rings. The molecule has 1 aliphatic carbocycles. The highest BCUT2D eigenvalue weighted by molar-refractivity contribution is 5.85. The molecule has 1 nitrogen and oxygen atoms in total. The van der Waals surface area contributed by atoms with E-state index in [0.717, 1.165) is 12.5 Å². The summed E-state index contributed by atoms with van der Waals surface area (Å²) in [5.41, 5.74) is 5.36. The lowest BCUT2D eigenvalue weighted by Crippen LogP contribution is -2.12. The summed E-state index contributed by atoms with van der Waals surface area (Å²) in [6, 6.07) is 0. The first-order valence-electron chi connectivity index (χ1n) is 3.63. The second-order valence-corrected chi connectivity index (χ2v) is 2.73. The third-order valence-electron chi connectivity index (χ3n) is 2.04. The Bertz CT molecular complexity index is 61.9. The van der Waals surface area contributed by atoms with E-state index in [-0.39, 0.29) is 12.4 Å². The maximum atomic E-state index is 5.36. The van der Waals surface area contributed by atoms with Crippen molar-refractivity contribution in [3.8, 4) is 0 Å². The molecule has 1 saturated carbocycles. The number of rotatable bonds is 3. The third-order valence-corrected chi connectivity index (χ3v) is 2.04. The molecular formula is C7H16ClN. The lowest BCUT2D eigenvalue weighted by atomic mass is 9.82. The standard InChI is InChI=1S/C7H15N.ClH/c8-6-2-5-7-3-1-4-7;/h7H,1-6,8H2;1H. The summed E-state index contributed by atoms with van der Waals surface area (Å²) in [7, 11) is 0. The van der Waals surface area contributed by atoms with Crippen molar-refractivity contribution in [1.82, 2.24) is 0 Å². The molecule has 0 saturated heterocycles. The molecule has 0 unspecified atom stereocenters. The van der Waals surface area contributed by atoms with Crippen LogP contribution in [0.5, 0.6) is 0 Å². The molecule has 0 heterocycles. The Balaban J connectivity index is 0.000000640. The van der Waals surface area contributed by atoms with Crippen molar-refractivity contribution in [1.29, 1.82) is 0 Å². The van der Waals surface area contributed by atoms with Crippen LogP contribution >= 0.6 is 12.4 Å². The second-order valence-electron chi connectivity index (χ2n) is 2.73. The van der Waals surface area contributed by atoms with Crippen molar-refractivity contribution in [2.45, 2.75) is 32.1 Å². The monoisotopic (exact) mass is 149 g/mol. The summed E-state index contributed by atoms with van der Waals surface area (Å²) in [6.45, 7) is 0.885. The first kappa shape index (κ1) is 9.25. The van der Waals surface area contributed by atoms with Gasteiger partial charge in [0.25, 0.3) is 0 Å². The minimum Gasteiger partial charge on any atom is -0.330 e. The number of hydrogen-bond donors (Lipinski definition) is 1. The summed E-state index contributed by atoms with van der Waals surface area (Å²) < 4.78 is 0. The van der Waals surface area contributed by atoms with Gasteiger partial charge in [0.05, 0.1) is 0 Å². The van der Waals surface area contributed by atoms with Crippen LogP contribution in [-0.4, -0.2) is 6.54 Å². The van der Waals surface area contributed by atoms with Crippen molar-refractivity contribution in [2.24, 2.45) is 11.7 Å². The molecule has 0 amide bonds. The Kier molecular flexibility index (Phi) is 5.21. The van der Waals surface area contributed by atoms with Crippen LogP contribution in [0.25, 0.3) is 0 Å². The van der Waals surface area contributed by atoms with E-state index in [0.29, 0.717) is 0 Å². The van der Waals surface area contributed by atoms with Crippen LogP contribution < -0.4 is 5.73 Å². The van der Waals surface area contributed by atoms with E-state index in [2.05, 4.69) is 0 Å². The van der Waals surface area contributed by atoms with Gasteiger partial charge in [0.15, 0.2) is 0 Å². The van der Waals surface area contributed by atoms with Gasteiger partial charge < -0.3 is 5.73 Å². The van der Waals surface area contributed by atoms with E-state index in [1.165, 1.54) is 32.1 Å². The Morgan fingerprint density at radius 3 is 2.33 bits per heavy atom. The molecule has 0 aliphatic heterocycles. The second kappa shape index (κ2) is 5.07. The van der Waals surface area contributed by atoms with Crippen molar-refractivity contribution in [3.05, 3.63) is 0 Å². The fraction of sp³-hybridized carbons (Fsp3) is 1.00. The Morgan fingerprint density at radius 1 is 1.33 bits per heavy atom. The summed E-state index contributed by atoms with van der Waals surface area (Å²) in [5, 5.41) is 0. The maximum Gasteiger partial charge on any atom is -0.00772 e. The van der Waals surface area contributed by atoms with Gasteiger partial charge in [-0.25, -0.2) is 0 Å². The molecule has 2 heteroatoms. The molecule has 9 heavy (non-hydrogen) atoms. The molecule has 1 rings (SSSR count). The average Bonchev–Trinajstić information content (AvgIpc) is 1.63. The largest absolute Gasteiger partial charge is 0.330 e. The average molecular weight is 150 g/mol. The summed E-state index contributed by atoms with van der Waals surface area (Å²) in [6.07, 6.45) is 7.04. The normalized spacial score (nSPS) is 18.3. The zero-order valence-electron chi connectivity index (χ0n) is 5.81. The molecule has 0 radical (unpaired) electrons. The predicted molar refractivity (Wildman–Crippen MR) is 42.9 cm³/mol. The quantitative estimate of drug-likeness (QED) is 0.652. The van der Waals surface area contributed by atoms with Crippen molar-refractivity contribution in [3.63, 3.8) is 0 Å². The van der Waals surface area contributed by atoms with Gasteiger partial charge in [0.2, 0.25) is 0 Å². The van der Waals surface area contributed by atoms with E-state index in [4.69, 9.17) is 5.73 Å². The van der Waals surface area contributed by atoms with Crippen molar-refractivity contribution in [2.75, 3.05) is 6.54 Å². The van der Waals surface area contributed by atoms with Gasteiger partial charge in [0.1, 0.15) is 0 Å². The van der Waals surface area contributed by atoms with E-state index in [9.17, 15) is 0 Å². The summed E-state index contributed by atoms with van der Waals surface area (Å²) >= 11 is 0. The SMILES string of the molecule is Cl.NCCCC1CCC1. The zero-order valence-corrected chi connectivity index (χ0v) is 6.62. The van der Waals surface area contributed by atoms with Crippen LogP contribution in [0.2, 0.25) is 0 Å². The first-order chi connectivity index (χ1) is 3.93. The van der Waals surface area contributed by atoms with Gasteiger partial charge in [-0.3, -0.25) is 0 Å². The molecule has 2 N–H and O–H groups in total. The molecule has 0 aromatic rings. The maximum absolute atomic E-state index is 5.36. The zero-order chi connectivity index (χ0) is 5.82. The fourth-order valence-corrected chi connectivity index (χ4v) is 1.19. The minimum atomic E-state index is 0. The van der Waals surface area contributed by atoms with E-state index >= 15 is 0 Å². The highest BCUT2D eigenvalue weighted by atomic mass is 35.5. The molecule has 0 bridgehead atoms. The smallest absolute Gasteiger partial charge is 0.00772 e. The fourth-order valence-electron chi connectivity index (χ4n) is 1.19. The van der Waals surface area contributed by atoms with E-state index in [1.54, 1.807) is 0 Å². The highest BCUT2D eigenvalue weighted by Crippen LogP contribution is 2.29. The van der Waals surface area contributed by atoms with E-state index < -0.39 is 0 Å². The van der Waals surface area contributed by atoms with Crippen LogP contribution in [-0.2, 0) is 0 Å². The van der Waals surface area contributed by atoms with Crippen LogP contribution in [0.3, 0.4) is 0 Å². The van der Waals surface area contributed by atoms with Gasteiger partial charge >= 0.3 is 0 Å². The Morgan fingerprint density at radius 2 is 2.00 bits per heavy atom. The predicted octanol–water partition coefficient (Wildman–Crippen LogP) is 1.95. The first-order valence-corrected chi connectivity index (χ1v) is 3.63. The summed E-state index contributed by atoms with van der Waals surface area (Å²) in [5.74, 6) is 1.05. The molecular weight excluding hydrogens is 134 g/mol. The molecule has 0 spiro atoms. The number of halogens is 1. The lowest BCUT2D eigenvalue weighted by Gasteiger charge is -2.24. The minimum absolute atomic E-state index is 0. The van der Waals surface area contributed by atoms with Gasteiger partial charge in [-0.15, -0.1) is 12.4 Å². The van der Waals surface area contributed by atoms with E-state index in [1.807, 2.05) is 0 Å². The van der Waals surface area contributed by atoms with Gasteiger partial charge in [-0.05, 0) is 25.3 Å². The molecule has 0 aromatic carbocycles. The van der Waals surface area contributed by atoms with Crippen LogP contribution in [0.1, 0.15) is 32.1 Å². The van der Waals surface area contributed by atoms with Crippen molar-refractivity contribution >= 4 is 12.4 Å². The molecule has 1 fully saturated rings. The van der Waals surface area contributed by atoms with Gasteiger partial charge in [0, 0.05) is 0 Å². The Labute approximate surface area is 63.4 Å². The van der Waals surface area contributed by atoms with Gasteiger partial charge in [-0.2, -0.15) is 0 Å². The topological polar surface area (TPSA) is 26.0 Å². The van der Waals surface area contributed by atoms with Crippen molar-refractivity contribution < 1.29 is 0 Å². The number of nitrogens with two attached hydrogens (primary N) is 1. The number of hydrogen-bond acceptors (Lipinski definition) is 1. The lowest BCUT2D eigenvalue weighted by molar-refractivity contribution is 0.291. The molecule has 56 valence electrons. The molecule has 0 atom stereocenters. The van der Waals surface area contributed by atoms with Crippen LogP contribution in [0.15, 0.2) is 0 Å². The third kappa shape index (κ3) is 3.07. The highest BCUT2D eigenvalue weighted by Gasteiger charge is 2.15. The van der Waals surface area contributed by atoms with Crippen LogP contribution in [0, 0.1) is 5.92 Å². The van der Waals surface area contributed by atoms with Gasteiger partial charge in [-0.1, -0.05) is 19.3 Å². The Hall–Kier alpha value is 0.250. The van der Waals surface area contributed by atoms with Crippen LogP contribution in [0.4, 0.5) is 0 Å². The summed E-state index contributed by atoms with van der Waals surface area (Å²) in [4.78, 5) is 0.